The molecule has 0 fully saturated rings. The number of carbonyl (C=O) groups is 2. The lowest BCUT2D eigenvalue weighted by Gasteiger charge is -2.14. The van der Waals surface area contributed by atoms with E-state index in [1.54, 1.807) is 37.3 Å². The maximum absolute atomic E-state index is 14.7. The summed E-state index contributed by atoms with van der Waals surface area (Å²) in [6.45, 7) is 1.99. The van der Waals surface area contributed by atoms with Crippen molar-refractivity contribution in [2.45, 2.75) is 13.5 Å². The lowest BCUT2D eigenvalue weighted by molar-refractivity contribution is 0.0694. The summed E-state index contributed by atoms with van der Waals surface area (Å²) in [7, 11) is 0. The van der Waals surface area contributed by atoms with Gasteiger partial charge in [0.25, 0.3) is 11.8 Å². The van der Waals surface area contributed by atoms with Crippen LogP contribution >= 0.6 is 0 Å². The number of ether oxygens (including phenoxy) is 2. The molecule has 0 spiro atoms. The molecule has 0 atom stereocenters. The summed E-state index contributed by atoms with van der Waals surface area (Å²) >= 11 is 0. The van der Waals surface area contributed by atoms with Gasteiger partial charge in [0.2, 0.25) is 0 Å². The van der Waals surface area contributed by atoms with E-state index in [4.69, 9.17) is 20.9 Å². The third-order valence-corrected chi connectivity index (χ3v) is 5.32. The maximum atomic E-state index is 14.7. The first-order valence-corrected chi connectivity index (χ1v) is 11.2. The first-order valence-electron chi connectivity index (χ1n) is 11.2. The number of pyridine rings is 1. The second-order valence-corrected chi connectivity index (χ2v) is 8.21. The number of carbonyl (C=O) groups excluding carboxylic acids is 1. The zero-order valence-corrected chi connectivity index (χ0v) is 20.0. The van der Waals surface area contributed by atoms with Gasteiger partial charge in [-0.25, -0.2) is 18.4 Å². The van der Waals surface area contributed by atoms with Crippen LogP contribution in [0.5, 0.6) is 23.3 Å². The van der Waals surface area contributed by atoms with E-state index < -0.39 is 35.4 Å². The van der Waals surface area contributed by atoms with E-state index in [9.17, 15) is 23.5 Å². The molecule has 0 radical (unpaired) electrons. The Hall–Kier alpha value is -5.03. The summed E-state index contributed by atoms with van der Waals surface area (Å²) in [5.41, 5.74) is 13.8. The van der Waals surface area contributed by atoms with Crippen molar-refractivity contribution < 1.29 is 33.0 Å². The molecule has 9 nitrogen and oxygen atoms in total. The molecule has 4 rings (SSSR count). The van der Waals surface area contributed by atoms with Crippen molar-refractivity contribution in [3.05, 3.63) is 95.1 Å². The highest BCUT2D eigenvalue weighted by Gasteiger charge is 2.20. The summed E-state index contributed by atoms with van der Waals surface area (Å²) in [5, 5.41) is 11.9. The molecule has 0 bridgehead atoms. The molecule has 0 aliphatic heterocycles. The fraction of sp³-hybridized carbons (Fsp3) is 0.0741. The molecule has 0 saturated heterocycles. The molecular weight excluding hydrogens is 498 g/mol. The number of benzene rings is 3. The lowest BCUT2D eigenvalue weighted by atomic mass is 10.0. The molecule has 0 aliphatic carbocycles. The number of nitrogens with zero attached hydrogens (tertiary/aromatic N) is 1. The molecule has 1 aromatic heterocycles. The van der Waals surface area contributed by atoms with Crippen LogP contribution in [0.15, 0.2) is 66.7 Å². The highest BCUT2D eigenvalue weighted by atomic mass is 19.1. The minimum atomic E-state index is -1.30. The minimum absolute atomic E-state index is 0.0372. The number of aromatic carboxylic acids is 1. The second-order valence-electron chi connectivity index (χ2n) is 8.21. The van der Waals surface area contributed by atoms with Crippen LogP contribution in [0.25, 0.3) is 11.1 Å². The Labute approximate surface area is 215 Å². The molecule has 4 aromatic rings. The zero-order valence-electron chi connectivity index (χ0n) is 20.0. The number of amides is 2. The van der Waals surface area contributed by atoms with E-state index in [2.05, 4.69) is 10.3 Å². The Morgan fingerprint density at radius 1 is 0.947 bits per heavy atom. The number of nitrogens with one attached hydrogen (secondary N) is 1. The van der Waals surface area contributed by atoms with Gasteiger partial charge >= 0.3 is 12.0 Å². The molecule has 3 aromatic carbocycles. The Kier molecular flexibility index (Phi) is 7.49. The normalized spacial score (nSPS) is 10.6. The smallest absolute Gasteiger partial charge is 0.339 e. The van der Waals surface area contributed by atoms with Crippen molar-refractivity contribution >= 4 is 17.7 Å². The lowest BCUT2D eigenvalue weighted by Crippen LogP contribution is -2.19. The van der Waals surface area contributed by atoms with Gasteiger partial charge in [-0.15, -0.1) is 0 Å². The van der Waals surface area contributed by atoms with Crippen LogP contribution in [0.1, 0.15) is 21.5 Å². The average Bonchev–Trinajstić information content (AvgIpc) is 2.86. The number of aryl methyl sites for hydroxylation is 1. The number of primary amides is 1. The van der Waals surface area contributed by atoms with Crippen LogP contribution in [0, 0.1) is 18.6 Å². The van der Waals surface area contributed by atoms with Crippen LogP contribution < -0.4 is 26.3 Å². The molecule has 6 N–H and O–H groups in total. The van der Waals surface area contributed by atoms with Crippen molar-refractivity contribution in [2.75, 3.05) is 5.32 Å². The SMILES string of the molecule is Cc1ccc(C(=O)O)c(Oc2nc(Oc3cc(NC(N)=O)cc(-c4cccc(CN)c4)c3)c(F)cc2F)c1. The topological polar surface area (TPSA) is 150 Å². The molecular formula is C27H22F2N4O5. The summed E-state index contributed by atoms with van der Waals surface area (Å²) in [6, 6.07) is 15.7. The number of hydrogen-bond donors (Lipinski definition) is 4. The second kappa shape index (κ2) is 10.9. The van der Waals surface area contributed by atoms with Gasteiger partial charge in [-0.3, -0.25) is 0 Å². The van der Waals surface area contributed by atoms with Gasteiger partial charge < -0.3 is 31.4 Å². The standard InChI is InChI=1S/C27H22F2N4O5/c1-14-5-6-20(26(34)35)23(7-14)38-25-22(29)12-21(28)24(33-25)37-19-10-17(9-18(11-19)32-27(31)36)16-4-2-3-15(8-16)13-30/h2-12H,13,30H2,1H3,(H,34,35)(H3,31,32,36). The number of carboxylic acids is 1. The number of aromatic nitrogens is 1. The number of halogens is 2. The maximum Gasteiger partial charge on any atom is 0.339 e. The van der Waals surface area contributed by atoms with E-state index in [1.165, 1.54) is 18.2 Å². The number of rotatable bonds is 8. The first kappa shape index (κ1) is 26.0. The minimum Gasteiger partial charge on any atom is -0.478 e. The molecule has 0 saturated carbocycles. The van der Waals surface area contributed by atoms with Gasteiger partial charge in [0, 0.05) is 24.4 Å². The fourth-order valence-corrected chi connectivity index (χ4v) is 3.60. The predicted octanol–water partition coefficient (Wildman–Crippen LogP) is 5.57. The van der Waals surface area contributed by atoms with Gasteiger partial charge in [0.05, 0.1) is 0 Å². The van der Waals surface area contributed by atoms with E-state index >= 15 is 0 Å². The summed E-state index contributed by atoms with van der Waals surface area (Å²) < 4.78 is 40.3. The Morgan fingerprint density at radius 2 is 1.68 bits per heavy atom. The van der Waals surface area contributed by atoms with Gasteiger partial charge in [-0.05, 0) is 59.5 Å². The van der Waals surface area contributed by atoms with Crippen LogP contribution in [0.3, 0.4) is 0 Å². The number of hydrogen-bond acceptors (Lipinski definition) is 6. The van der Waals surface area contributed by atoms with Crippen molar-refractivity contribution in [2.24, 2.45) is 11.5 Å². The molecule has 0 aliphatic rings. The Bertz CT molecular complexity index is 1540. The van der Waals surface area contributed by atoms with Crippen LogP contribution in [0.4, 0.5) is 19.3 Å². The zero-order chi connectivity index (χ0) is 27.4. The van der Waals surface area contributed by atoms with E-state index in [1.807, 2.05) is 12.1 Å². The van der Waals surface area contributed by atoms with Gasteiger partial charge in [-0.1, -0.05) is 24.3 Å². The molecule has 1 heterocycles. The Balaban J connectivity index is 1.73. The van der Waals surface area contributed by atoms with Crippen molar-refractivity contribution in [3.63, 3.8) is 0 Å². The summed E-state index contributed by atoms with van der Waals surface area (Å²) in [5.74, 6) is -5.11. The highest BCUT2D eigenvalue weighted by molar-refractivity contribution is 5.91. The number of nitrogens with two attached hydrogens (primary N) is 2. The number of urea groups is 1. The van der Waals surface area contributed by atoms with Gasteiger partial charge in [0.1, 0.15) is 17.1 Å². The molecule has 0 unspecified atom stereocenters. The number of carboxylic acid groups (broad SMARTS) is 1. The molecule has 11 heteroatoms. The van der Waals surface area contributed by atoms with Gasteiger partial charge in [-0.2, -0.15) is 4.98 Å². The molecule has 2 amide bonds. The third kappa shape index (κ3) is 6.02. The third-order valence-electron chi connectivity index (χ3n) is 5.32. The molecule has 194 valence electrons. The summed E-state index contributed by atoms with van der Waals surface area (Å²) in [6.07, 6.45) is 0. The van der Waals surface area contributed by atoms with Crippen LogP contribution in [-0.2, 0) is 6.54 Å². The largest absolute Gasteiger partial charge is 0.478 e. The van der Waals surface area contributed by atoms with E-state index in [0.717, 1.165) is 11.1 Å². The Morgan fingerprint density at radius 3 is 2.37 bits per heavy atom. The van der Waals surface area contributed by atoms with Crippen molar-refractivity contribution in [3.8, 4) is 34.4 Å². The quantitative estimate of drug-likeness (QED) is 0.237. The average molecular weight is 520 g/mol. The summed E-state index contributed by atoms with van der Waals surface area (Å²) in [4.78, 5) is 26.8. The van der Waals surface area contributed by atoms with Gasteiger partial charge in [0.15, 0.2) is 11.6 Å². The fourth-order valence-electron chi connectivity index (χ4n) is 3.60. The first-order chi connectivity index (χ1) is 18.1. The van der Waals surface area contributed by atoms with Crippen LogP contribution in [-0.4, -0.2) is 22.1 Å². The highest BCUT2D eigenvalue weighted by Crippen LogP contribution is 2.35. The predicted molar refractivity (Wildman–Crippen MR) is 135 cm³/mol. The number of anilines is 1. The monoisotopic (exact) mass is 520 g/mol. The van der Waals surface area contributed by atoms with E-state index in [-0.39, 0.29) is 22.7 Å². The van der Waals surface area contributed by atoms with Crippen LogP contribution in [0.2, 0.25) is 0 Å². The van der Waals surface area contributed by atoms with E-state index in [0.29, 0.717) is 23.7 Å². The molecule has 38 heavy (non-hydrogen) atoms. The van der Waals surface area contributed by atoms with Crippen molar-refractivity contribution in [1.82, 2.24) is 4.98 Å². The van der Waals surface area contributed by atoms with Crippen molar-refractivity contribution in [1.29, 1.82) is 0 Å².